The van der Waals surface area contributed by atoms with Gasteiger partial charge in [0.05, 0.1) is 20.1 Å². The fraction of sp³-hybridized carbons (Fsp3) is 0.364. The molecule has 0 spiro atoms. The van der Waals surface area contributed by atoms with Gasteiger partial charge in [0.15, 0.2) is 11.5 Å². The number of benzene rings is 2. The maximum absolute atomic E-state index is 13.4. The molecule has 0 bridgehead atoms. The van der Waals surface area contributed by atoms with Gasteiger partial charge in [0.1, 0.15) is 5.82 Å². The Morgan fingerprint density at radius 1 is 1.17 bits per heavy atom. The molecule has 7 heteroatoms. The van der Waals surface area contributed by atoms with E-state index in [1.54, 1.807) is 32.1 Å². The van der Waals surface area contributed by atoms with Crippen LogP contribution in [0.3, 0.4) is 0 Å². The molecule has 6 nitrogen and oxygen atoms in total. The standard InChI is InChI=1S/C22H25FN2O4/c1-14-4-6-17(23)12-18(14)24-22(27)16-11-21(26)25(13-16)9-8-15-5-7-19(28-2)20(10-15)29-3/h4-7,10,12,16H,8-9,11,13H2,1-3H3,(H,24,27). The van der Waals surface area contributed by atoms with Gasteiger partial charge in [-0.1, -0.05) is 12.1 Å². The molecule has 0 aromatic heterocycles. The summed E-state index contributed by atoms with van der Waals surface area (Å²) in [6, 6.07) is 9.89. The van der Waals surface area contributed by atoms with Crippen LogP contribution in [0.1, 0.15) is 17.5 Å². The number of halogens is 1. The van der Waals surface area contributed by atoms with Gasteiger partial charge in [0.2, 0.25) is 11.8 Å². The second-order valence-electron chi connectivity index (χ2n) is 7.13. The van der Waals surface area contributed by atoms with Crippen LogP contribution in [-0.4, -0.2) is 44.0 Å². The predicted molar refractivity (Wildman–Crippen MR) is 108 cm³/mol. The van der Waals surface area contributed by atoms with Crippen LogP contribution >= 0.6 is 0 Å². The van der Waals surface area contributed by atoms with Crippen LogP contribution in [0.4, 0.5) is 10.1 Å². The van der Waals surface area contributed by atoms with Crippen LogP contribution in [-0.2, 0) is 16.0 Å². The van der Waals surface area contributed by atoms with Crippen LogP contribution < -0.4 is 14.8 Å². The van der Waals surface area contributed by atoms with Crippen molar-refractivity contribution in [1.29, 1.82) is 0 Å². The molecule has 1 aliphatic heterocycles. The minimum absolute atomic E-state index is 0.0541. The molecule has 1 fully saturated rings. The topological polar surface area (TPSA) is 67.9 Å². The highest BCUT2D eigenvalue weighted by Crippen LogP contribution is 2.28. The molecule has 3 rings (SSSR count). The Morgan fingerprint density at radius 3 is 2.66 bits per heavy atom. The number of nitrogens with zero attached hydrogens (tertiary/aromatic N) is 1. The molecule has 2 aromatic rings. The average molecular weight is 400 g/mol. The first-order valence-corrected chi connectivity index (χ1v) is 9.47. The molecule has 0 aliphatic carbocycles. The Morgan fingerprint density at radius 2 is 1.93 bits per heavy atom. The van der Waals surface area contributed by atoms with Crippen molar-refractivity contribution in [2.75, 3.05) is 32.6 Å². The minimum atomic E-state index is -0.449. The number of methoxy groups -OCH3 is 2. The summed E-state index contributed by atoms with van der Waals surface area (Å²) in [7, 11) is 3.16. The molecule has 154 valence electrons. The number of carbonyl (C=O) groups is 2. The van der Waals surface area contributed by atoms with Gasteiger partial charge in [0, 0.05) is 25.2 Å². The van der Waals surface area contributed by atoms with E-state index in [0.29, 0.717) is 36.7 Å². The van der Waals surface area contributed by atoms with Crippen LogP contribution in [0.15, 0.2) is 36.4 Å². The quantitative estimate of drug-likeness (QED) is 0.775. The van der Waals surface area contributed by atoms with Gasteiger partial charge >= 0.3 is 0 Å². The van der Waals surface area contributed by atoms with Crippen molar-refractivity contribution in [3.05, 3.63) is 53.3 Å². The number of likely N-dealkylation sites (tertiary alicyclic amines) is 1. The van der Waals surface area contributed by atoms with Crippen molar-refractivity contribution in [2.45, 2.75) is 19.8 Å². The lowest BCUT2D eigenvalue weighted by Gasteiger charge is -2.17. The van der Waals surface area contributed by atoms with Crippen molar-refractivity contribution in [1.82, 2.24) is 4.90 Å². The van der Waals surface area contributed by atoms with E-state index in [9.17, 15) is 14.0 Å². The Kier molecular flexibility index (Phi) is 6.36. The number of amides is 2. The molecule has 1 saturated heterocycles. The summed E-state index contributed by atoms with van der Waals surface area (Å²) >= 11 is 0. The van der Waals surface area contributed by atoms with Crippen molar-refractivity contribution < 1.29 is 23.5 Å². The minimum Gasteiger partial charge on any atom is -0.493 e. The number of carbonyl (C=O) groups excluding carboxylic acids is 2. The SMILES string of the molecule is COc1ccc(CCN2CC(C(=O)Nc3cc(F)ccc3C)CC2=O)cc1OC. The number of nitrogens with one attached hydrogen (secondary N) is 1. The first-order chi connectivity index (χ1) is 13.9. The third-order valence-electron chi connectivity index (χ3n) is 5.16. The molecule has 0 radical (unpaired) electrons. The highest BCUT2D eigenvalue weighted by molar-refractivity contribution is 5.97. The van der Waals surface area contributed by atoms with E-state index in [1.165, 1.54) is 12.1 Å². The molecule has 29 heavy (non-hydrogen) atoms. The molecule has 2 aromatic carbocycles. The summed E-state index contributed by atoms with van der Waals surface area (Å²) in [6.45, 7) is 2.66. The van der Waals surface area contributed by atoms with Crippen molar-refractivity contribution >= 4 is 17.5 Å². The van der Waals surface area contributed by atoms with Crippen LogP contribution in [0.5, 0.6) is 11.5 Å². The summed E-state index contributed by atoms with van der Waals surface area (Å²) in [4.78, 5) is 26.6. The Labute approximate surface area is 169 Å². The summed E-state index contributed by atoms with van der Waals surface area (Å²) < 4.78 is 24.0. The third kappa shape index (κ3) is 4.85. The zero-order chi connectivity index (χ0) is 21.0. The highest BCUT2D eigenvalue weighted by atomic mass is 19.1. The molecule has 0 saturated carbocycles. The number of hydrogen-bond acceptors (Lipinski definition) is 4. The molecule has 1 atom stereocenters. The van der Waals surface area contributed by atoms with Crippen LogP contribution in [0, 0.1) is 18.7 Å². The van der Waals surface area contributed by atoms with Crippen molar-refractivity contribution in [3.8, 4) is 11.5 Å². The maximum Gasteiger partial charge on any atom is 0.229 e. The van der Waals surface area contributed by atoms with E-state index < -0.39 is 11.7 Å². The molecule has 2 amide bonds. The number of ether oxygens (including phenoxy) is 2. The fourth-order valence-electron chi connectivity index (χ4n) is 3.43. The Bertz CT molecular complexity index is 916. The molecular weight excluding hydrogens is 375 g/mol. The summed E-state index contributed by atoms with van der Waals surface area (Å²) in [5, 5.41) is 2.75. The molecular formula is C22H25FN2O4. The Hall–Kier alpha value is -3.09. The zero-order valence-electron chi connectivity index (χ0n) is 16.8. The van der Waals surface area contributed by atoms with Gasteiger partial charge in [-0.3, -0.25) is 9.59 Å². The van der Waals surface area contributed by atoms with E-state index in [2.05, 4.69) is 5.32 Å². The van der Waals surface area contributed by atoms with E-state index >= 15 is 0 Å². The molecule has 1 N–H and O–H groups in total. The normalized spacial score (nSPS) is 16.1. The van der Waals surface area contributed by atoms with Gasteiger partial charge in [-0.2, -0.15) is 0 Å². The summed E-state index contributed by atoms with van der Waals surface area (Å²) in [5.74, 6) is 0.112. The van der Waals surface area contributed by atoms with Gasteiger partial charge in [-0.15, -0.1) is 0 Å². The van der Waals surface area contributed by atoms with Gasteiger partial charge in [0.25, 0.3) is 0 Å². The summed E-state index contributed by atoms with van der Waals surface area (Å²) in [6.07, 6.45) is 0.801. The fourth-order valence-corrected chi connectivity index (χ4v) is 3.43. The van der Waals surface area contributed by atoms with Gasteiger partial charge in [-0.05, 0) is 48.7 Å². The lowest BCUT2D eigenvalue weighted by atomic mass is 10.1. The van der Waals surface area contributed by atoms with E-state index in [0.717, 1.165) is 11.1 Å². The first kappa shape index (κ1) is 20.6. The van der Waals surface area contributed by atoms with Crippen LogP contribution in [0.2, 0.25) is 0 Å². The monoisotopic (exact) mass is 400 g/mol. The number of rotatable bonds is 7. The highest BCUT2D eigenvalue weighted by Gasteiger charge is 2.34. The number of anilines is 1. The first-order valence-electron chi connectivity index (χ1n) is 9.47. The predicted octanol–water partition coefficient (Wildman–Crippen LogP) is 3.18. The third-order valence-corrected chi connectivity index (χ3v) is 5.16. The lowest BCUT2D eigenvalue weighted by molar-refractivity contribution is -0.128. The number of aryl methyl sites for hydroxylation is 1. The lowest BCUT2D eigenvalue weighted by Crippen LogP contribution is -2.30. The largest absolute Gasteiger partial charge is 0.493 e. The smallest absolute Gasteiger partial charge is 0.229 e. The van der Waals surface area contributed by atoms with Crippen LogP contribution in [0.25, 0.3) is 0 Å². The summed E-state index contributed by atoms with van der Waals surface area (Å²) in [5.41, 5.74) is 2.22. The van der Waals surface area contributed by atoms with E-state index in [-0.39, 0.29) is 18.2 Å². The van der Waals surface area contributed by atoms with Crippen molar-refractivity contribution in [3.63, 3.8) is 0 Å². The van der Waals surface area contributed by atoms with Gasteiger partial charge < -0.3 is 19.7 Å². The molecule has 1 aliphatic rings. The van der Waals surface area contributed by atoms with E-state index in [1.807, 2.05) is 18.2 Å². The molecule has 1 heterocycles. The second kappa shape index (κ2) is 8.94. The Balaban J connectivity index is 1.58. The maximum atomic E-state index is 13.4. The van der Waals surface area contributed by atoms with Gasteiger partial charge in [-0.25, -0.2) is 4.39 Å². The van der Waals surface area contributed by atoms with Crippen molar-refractivity contribution in [2.24, 2.45) is 5.92 Å². The molecule has 1 unspecified atom stereocenters. The second-order valence-corrected chi connectivity index (χ2v) is 7.13. The van der Waals surface area contributed by atoms with E-state index in [4.69, 9.17) is 9.47 Å². The average Bonchev–Trinajstić information content (AvgIpc) is 3.09. The zero-order valence-corrected chi connectivity index (χ0v) is 16.8. The number of hydrogen-bond donors (Lipinski definition) is 1.